The van der Waals surface area contributed by atoms with Gasteiger partial charge in [0, 0.05) is 6.54 Å². The summed E-state index contributed by atoms with van der Waals surface area (Å²) in [4.78, 5) is 2.51. The van der Waals surface area contributed by atoms with Crippen LogP contribution in [-0.4, -0.2) is 42.3 Å². The van der Waals surface area contributed by atoms with Crippen molar-refractivity contribution in [3.05, 3.63) is 59.7 Å². The van der Waals surface area contributed by atoms with E-state index in [1.165, 1.54) is 0 Å². The Bertz CT molecular complexity index is 854. The van der Waals surface area contributed by atoms with Crippen LogP contribution in [0.4, 0.5) is 0 Å². The molecule has 0 aromatic heterocycles. The van der Waals surface area contributed by atoms with Gasteiger partial charge in [-0.3, -0.25) is 9.11 Å². The summed E-state index contributed by atoms with van der Waals surface area (Å²) in [7, 11) is -3.01. The Hall–Kier alpha value is -1.09. The van der Waals surface area contributed by atoms with Crippen molar-refractivity contribution in [2.24, 2.45) is 0 Å². The fraction of sp³-hybridized carbons (Fsp3) is 0.294. The van der Waals surface area contributed by atoms with Crippen LogP contribution in [0.25, 0.3) is 0 Å². The van der Waals surface area contributed by atoms with Crippen LogP contribution in [0.3, 0.4) is 0 Å². The Morgan fingerprint density at radius 3 is 2.32 bits per heavy atom. The zero-order chi connectivity index (χ0) is 17.5. The Kier molecular flexibility index (Phi) is 5.88. The summed E-state index contributed by atoms with van der Waals surface area (Å²) in [5.74, 6) is -0.177. The lowest BCUT2D eigenvalue weighted by molar-refractivity contribution is 0.400. The predicted octanol–water partition coefficient (Wildman–Crippen LogP) is 3.81. The summed E-state index contributed by atoms with van der Waals surface area (Å²) in [6.07, 6.45) is 0. The van der Waals surface area contributed by atoms with E-state index in [2.05, 4.69) is 0 Å². The maximum atomic E-state index is 13.1. The number of nitrogens with zero attached hydrogens (tertiary/aromatic N) is 1. The number of fused-ring (bicyclic) bond motifs is 1. The van der Waals surface area contributed by atoms with Gasteiger partial charge in [0.1, 0.15) is 5.25 Å². The molecular formula is C17H22ClNO4S2. The minimum Gasteiger partial charge on any atom is -0.305 e. The highest BCUT2D eigenvalue weighted by atomic mass is 35.5. The van der Waals surface area contributed by atoms with E-state index in [-0.39, 0.29) is 23.1 Å². The van der Waals surface area contributed by atoms with Crippen molar-refractivity contribution in [3.63, 3.8) is 0 Å². The van der Waals surface area contributed by atoms with Gasteiger partial charge in [-0.2, -0.15) is 10.6 Å². The van der Waals surface area contributed by atoms with Crippen molar-refractivity contribution < 1.29 is 17.5 Å². The van der Waals surface area contributed by atoms with Crippen molar-refractivity contribution >= 4 is 32.8 Å². The summed E-state index contributed by atoms with van der Waals surface area (Å²) in [6, 6.07) is 13.4. The van der Waals surface area contributed by atoms with Gasteiger partial charge < -0.3 is 4.90 Å². The molecule has 0 saturated carbocycles. The lowest BCUT2D eigenvalue weighted by Gasteiger charge is -2.27. The average Bonchev–Trinajstić information content (AvgIpc) is 2.81. The molecule has 8 heteroatoms. The zero-order valence-corrected chi connectivity index (χ0v) is 16.4. The highest BCUT2D eigenvalue weighted by molar-refractivity contribution is 8.25. The third-order valence-corrected chi connectivity index (χ3v) is 8.30. The van der Waals surface area contributed by atoms with Crippen LogP contribution in [0, 0.1) is 0 Å². The molecule has 1 unspecified atom stereocenters. The van der Waals surface area contributed by atoms with E-state index in [4.69, 9.17) is 0 Å². The molecule has 0 spiro atoms. The summed E-state index contributed by atoms with van der Waals surface area (Å²) < 4.78 is 47.1. The van der Waals surface area contributed by atoms with Gasteiger partial charge in [0.05, 0.1) is 15.5 Å². The molecule has 0 aliphatic carbocycles. The third kappa shape index (κ3) is 3.72. The molecule has 2 N–H and O–H groups in total. The summed E-state index contributed by atoms with van der Waals surface area (Å²) in [5, 5.41) is -0.934. The molecule has 0 bridgehead atoms. The standard InChI is InChI=1S/C17H21NO4S2.ClH/c1-18(2)11-13-7-6-10-15-17(13)16(12-23(15,19)20)24(21,22)14-8-4-3-5-9-14;/h3-10,16,19-20H,11-12H2,1-2H3;1H. The Morgan fingerprint density at radius 2 is 1.72 bits per heavy atom. The van der Waals surface area contributed by atoms with Crippen molar-refractivity contribution in [1.29, 1.82) is 0 Å². The van der Waals surface area contributed by atoms with Crippen molar-refractivity contribution in [2.45, 2.75) is 21.6 Å². The fourth-order valence-electron chi connectivity index (χ4n) is 3.12. The predicted molar refractivity (Wildman–Crippen MR) is 103 cm³/mol. The first-order valence-corrected chi connectivity index (χ1v) is 10.8. The molecule has 0 amide bonds. The summed E-state index contributed by atoms with van der Waals surface area (Å²) in [6.45, 7) is 0.541. The second-order valence-corrected chi connectivity index (χ2v) is 10.5. The lowest BCUT2D eigenvalue weighted by atomic mass is 10.0. The van der Waals surface area contributed by atoms with Crippen LogP contribution in [0.5, 0.6) is 0 Å². The molecule has 5 nitrogen and oxygen atoms in total. The zero-order valence-electron chi connectivity index (χ0n) is 14.0. The van der Waals surface area contributed by atoms with Crippen molar-refractivity contribution in [3.8, 4) is 0 Å². The van der Waals surface area contributed by atoms with Crippen LogP contribution in [0.2, 0.25) is 0 Å². The van der Waals surface area contributed by atoms with Crippen molar-refractivity contribution in [1.82, 2.24) is 4.90 Å². The van der Waals surface area contributed by atoms with E-state index in [0.717, 1.165) is 5.56 Å². The second kappa shape index (κ2) is 7.26. The van der Waals surface area contributed by atoms with Gasteiger partial charge >= 0.3 is 0 Å². The monoisotopic (exact) mass is 403 g/mol. The minimum absolute atomic E-state index is 0. The highest BCUT2D eigenvalue weighted by Gasteiger charge is 2.44. The normalized spacial score (nSPS) is 20.0. The molecule has 0 fully saturated rings. The largest absolute Gasteiger partial charge is 0.305 e. The minimum atomic E-state index is -3.70. The third-order valence-electron chi connectivity index (χ3n) is 4.15. The van der Waals surface area contributed by atoms with Gasteiger partial charge in [-0.1, -0.05) is 30.3 Å². The van der Waals surface area contributed by atoms with Crippen LogP contribution in [-0.2, 0) is 16.4 Å². The van der Waals surface area contributed by atoms with Gasteiger partial charge in [0.15, 0.2) is 9.84 Å². The Morgan fingerprint density at radius 1 is 1.08 bits per heavy atom. The van der Waals surface area contributed by atoms with Crippen LogP contribution < -0.4 is 0 Å². The molecule has 0 saturated heterocycles. The number of hydrogen-bond donors (Lipinski definition) is 2. The topological polar surface area (TPSA) is 77.8 Å². The van der Waals surface area contributed by atoms with Gasteiger partial charge in [-0.05, 0) is 43.4 Å². The maximum absolute atomic E-state index is 13.1. The smallest absolute Gasteiger partial charge is 0.187 e. The number of sulfone groups is 1. The highest BCUT2D eigenvalue weighted by Crippen LogP contribution is 2.62. The summed E-state index contributed by atoms with van der Waals surface area (Å²) in [5.41, 5.74) is 1.37. The maximum Gasteiger partial charge on any atom is 0.187 e. The first-order valence-electron chi connectivity index (χ1n) is 7.55. The Balaban J connectivity index is 0.00000225. The molecule has 3 rings (SSSR count). The van der Waals surface area contributed by atoms with E-state index >= 15 is 0 Å². The van der Waals surface area contributed by atoms with E-state index in [0.29, 0.717) is 17.0 Å². The van der Waals surface area contributed by atoms with Crippen LogP contribution in [0.15, 0.2) is 58.3 Å². The second-order valence-electron chi connectivity index (χ2n) is 6.25. The SMILES string of the molecule is CN(C)Cc1cccc2c1C(S(=O)(=O)c1ccccc1)CS2(O)O.Cl. The van der Waals surface area contributed by atoms with Gasteiger partial charge in [-0.25, -0.2) is 8.42 Å². The number of hydrogen-bond acceptors (Lipinski definition) is 5. The molecule has 1 aliphatic rings. The molecule has 138 valence electrons. The molecule has 1 heterocycles. The van der Waals surface area contributed by atoms with Gasteiger partial charge in [-0.15, -0.1) is 12.4 Å². The molecule has 25 heavy (non-hydrogen) atoms. The number of halogens is 1. The van der Waals surface area contributed by atoms with E-state index < -0.39 is 25.7 Å². The average molecular weight is 404 g/mol. The molecule has 1 atom stereocenters. The number of rotatable bonds is 4. The Labute approximate surface area is 156 Å². The lowest BCUT2D eigenvalue weighted by Crippen LogP contribution is -2.18. The fourth-order valence-corrected chi connectivity index (χ4v) is 7.63. The quantitative estimate of drug-likeness (QED) is 0.811. The van der Waals surface area contributed by atoms with Gasteiger partial charge in [0.2, 0.25) is 0 Å². The number of benzene rings is 2. The van der Waals surface area contributed by atoms with Crippen molar-refractivity contribution in [2.75, 3.05) is 19.8 Å². The first kappa shape index (κ1) is 20.2. The van der Waals surface area contributed by atoms with Crippen LogP contribution >= 0.6 is 23.0 Å². The van der Waals surface area contributed by atoms with E-state index in [1.807, 2.05) is 25.1 Å². The molecule has 0 radical (unpaired) electrons. The molecular weight excluding hydrogens is 382 g/mol. The summed E-state index contributed by atoms with van der Waals surface area (Å²) >= 11 is 0. The first-order chi connectivity index (χ1) is 11.2. The van der Waals surface area contributed by atoms with E-state index in [9.17, 15) is 17.5 Å². The molecule has 1 aliphatic heterocycles. The van der Waals surface area contributed by atoms with Gasteiger partial charge in [0.25, 0.3) is 0 Å². The molecule has 2 aromatic rings. The van der Waals surface area contributed by atoms with E-state index in [1.54, 1.807) is 42.5 Å². The molecule has 2 aromatic carbocycles. The van der Waals surface area contributed by atoms with Crippen LogP contribution in [0.1, 0.15) is 16.4 Å².